The van der Waals surface area contributed by atoms with E-state index in [4.69, 9.17) is 9.84 Å². The summed E-state index contributed by atoms with van der Waals surface area (Å²) in [4.78, 5) is 10.8. The van der Waals surface area contributed by atoms with Gasteiger partial charge in [-0.25, -0.2) is 9.48 Å². The largest absolute Gasteiger partial charge is 0.481 e. The summed E-state index contributed by atoms with van der Waals surface area (Å²) in [5.41, 5.74) is 0.715. The topological polar surface area (TPSA) is 64.3 Å². The number of aromatic carboxylic acids is 1. The molecule has 0 fully saturated rings. The fraction of sp³-hybridized carbons (Fsp3) is 0.0909. The number of nitrogens with zero attached hydrogens (tertiary/aromatic N) is 2. The molecule has 0 aliphatic rings. The fourth-order valence-electron chi connectivity index (χ4n) is 1.37. The van der Waals surface area contributed by atoms with Crippen LogP contribution in [0.15, 0.2) is 36.4 Å². The maximum absolute atomic E-state index is 10.8. The van der Waals surface area contributed by atoms with Gasteiger partial charge in [0.1, 0.15) is 0 Å². The Morgan fingerprint density at radius 3 is 2.62 bits per heavy atom. The summed E-state index contributed by atoms with van der Waals surface area (Å²) in [7, 11) is 1.47. The Balaban J connectivity index is 2.52. The molecule has 16 heavy (non-hydrogen) atoms. The van der Waals surface area contributed by atoms with Crippen molar-refractivity contribution in [3.8, 4) is 11.6 Å². The predicted octanol–water partition coefficient (Wildman–Crippen LogP) is 1.58. The van der Waals surface area contributed by atoms with Crippen LogP contribution in [0.25, 0.3) is 5.69 Å². The molecular weight excluding hydrogens is 208 g/mol. The molecule has 1 heterocycles. The van der Waals surface area contributed by atoms with Gasteiger partial charge in [0.15, 0.2) is 5.69 Å². The number of ether oxygens (including phenoxy) is 1. The fourth-order valence-corrected chi connectivity index (χ4v) is 1.37. The lowest BCUT2D eigenvalue weighted by molar-refractivity contribution is 0.0690. The van der Waals surface area contributed by atoms with E-state index in [-0.39, 0.29) is 5.69 Å². The van der Waals surface area contributed by atoms with Crippen LogP contribution in [-0.2, 0) is 0 Å². The average Bonchev–Trinajstić information content (AvgIpc) is 2.74. The van der Waals surface area contributed by atoms with E-state index in [1.165, 1.54) is 17.9 Å². The molecule has 2 aromatic rings. The highest BCUT2D eigenvalue weighted by Crippen LogP contribution is 2.18. The zero-order valence-corrected chi connectivity index (χ0v) is 8.62. The second kappa shape index (κ2) is 4.06. The number of carbonyl (C=O) groups is 1. The van der Waals surface area contributed by atoms with Crippen LogP contribution in [0.4, 0.5) is 0 Å². The van der Waals surface area contributed by atoms with Crippen LogP contribution in [0.1, 0.15) is 10.5 Å². The Bertz CT molecular complexity index is 505. The van der Waals surface area contributed by atoms with Gasteiger partial charge < -0.3 is 9.84 Å². The van der Waals surface area contributed by atoms with Gasteiger partial charge in [0.05, 0.1) is 12.8 Å². The van der Waals surface area contributed by atoms with E-state index in [1.807, 2.05) is 30.3 Å². The predicted molar refractivity (Wildman–Crippen MR) is 57.1 cm³/mol. The van der Waals surface area contributed by atoms with Crippen molar-refractivity contribution in [3.63, 3.8) is 0 Å². The number of carboxylic acids is 1. The minimum absolute atomic E-state index is 0.0410. The van der Waals surface area contributed by atoms with Crippen molar-refractivity contribution < 1.29 is 14.6 Å². The first-order valence-electron chi connectivity index (χ1n) is 4.65. The van der Waals surface area contributed by atoms with E-state index in [0.717, 1.165) is 5.69 Å². The number of aromatic nitrogens is 2. The van der Waals surface area contributed by atoms with E-state index in [2.05, 4.69) is 5.10 Å². The van der Waals surface area contributed by atoms with Crippen LogP contribution < -0.4 is 4.74 Å². The lowest BCUT2D eigenvalue weighted by Gasteiger charge is -2.04. The summed E-state index contributed by atoms with van der Waals surface area (Å²) in [6.07, 6.45) is 0. The molecule has 0 bridgehead atoms. The first-order chi connectivity index (χ1) is 7.72. The molecule has 5 nitrogen and oxygen atoms in total. The Kier molecular flexibility index (Phi) is 2.59. The summed E-state index contributed by atoms with van der Waals surface area (Å²) < 4.78 is 6.52. The first-order valence-corrected chi connectivity index (χ1v) is 4.65. The molecule has 0 aliphatic carbocycles. The number of hydrogen-bond acceptors (Lipinski definition) is 3. The zero-order chi connectivity index (χ0) is 11.5. The highest BCUT2D eigenvalue weighted by Gasteiger charge is 2.14. The normalized spacial score (nSPS) is 10.1. The summed E-state index contributed by atoms with van der Waals surface area (Å²) in [6, 6.07) is 10.6. The van der Waals surface area contributed by atoms with Crippen LogP contribution >= 0.6 is 0 Å². The molecule has 2 rings (SSSR count). The molecule has 0 unspecified atom stereocenters. The lowest BCUT2D eigenvalue weighted by atomic mass is 10.3. The first kappa shape index (κ1) is 10.2. The minimum atomic E-state index is -1.08. The van der Waals surface area contributed by atoms with Gasteiger partial charge in [-0.3, -0.25) is 0 Å². The van der Waals surface area contributed by atoms with Crippen LogP contribution in [0.3, 0.4) is 0 Å². The second-order valence-corrected chi connectivity index (χ2v) is 3.12. The van der Waals surface area contributed by atoms with Crippen LogP contribution in [0.5, 0.6) is 5.88 Å². The Labute approximate surface area is 91.9 Å². The van der Waals surface area contributed by atoms with Crippen LogP contribution in [0.2, 0.25) is 0 Å². The van der Waals surface area contributed by atoms with Crippen molar-refractivity contribution in [3.05, 3.63) is 42.1 Å². The van der Waals surface area contributed by atoms with E-state index >= 15 is 0 Å². The SMILES string of the molecule is COc1cc(C(=O)O)nn1-c1ccccc1. The van der Waals surface area contributed by atoms with Gasteiger partial charge in [-0.05, 0) is 12.1 Å². The number of rotatable bonds is 3. The molecule has 0 atom stereocenters. The molecule has 1 aromatic carbocycles. The van der Waals surface area contributed by atoms with Gasteiger partial charge in [-0.15, -0.1) is 0 Å². The third-order valence-corrected chi connectivity index (χ3v) is 2.11. The Morgan fingerprint density at radius 1 is 1.38 bits per heavy atom. The summed E-state index contributed by atoms with van der Waals surface area (Å²) in [5.74, 6) is -0.684. The number of hydrogen-bond donors (Lipinski definition) is 1. The van der Waals surface area contributed by atoms with Crippen molar-refractivity contribution in [2.75, 3.05) is 7.11 Å². The van der Waals surface area contributed by atoms with E-state index < -0.39 is 5.97 Å². The van der Waals surface area contributed by atoms with Gasteiger partial charge >= 0.3 is 5.97 Å². The molecule has 1 N–H and O–H groups in total. The minimum Gasteiger partial charge on any atom is -0.481 e. The average molecular weight is 218 g/mol. The molecule has 0 saturated heterocycles. The van der Waals surface area contributed by atoms with Crippen molar-refractivity contribution >= 4 is 5.97 Å². The molecule has 0 aliphatic heterocycles. The van der Waals surface area contributed by atoms with Gasteiger partial charge in [0.25, 0.3) is 0 Å². The Hall–Kier alpha value is -2.30. The van der Waals surface area contributed by atoms with E-state index in [1.54, 1.807) is 0 Å². The maximum atomic E-state index is 10.8. The van der Waals surface area contributed by atoms with Crippen LogP contribution in [0, 0.1) is 0 Å². The monoisotopic (exact) mass is 218 g/mol. The second-order valence-electron chi connectivity index (χ2n) is 3.12. The van der Waals surface area contributed by atoms with Gasteiger partial charge in [-0.2, -0.15) is 5.10 Å². The van der Waals surface area contributed by atoms with E-state index in [9.17, 15) is 4.79 Å². The third-order valence-electron chi connectivity index (χ3n) is 2.11. The maximum Gasteiger partial charge on any atom is 0.356 e. The van der Waals surface area contributed by atoms with Crippen LogP contribution in [-0.4, -0.2) is 28.0 Å². The third kappa shape index (κ3) is 1.75. The summed E-state index contributed by atoms with van der Waals surface area (Å²) in [6.45, 7) is 0. The van der Waals surface area contributed by atoms with Crippen molar-refractivity contribution in [2.45, 2.75) is 0 Å². The Morgan fingerprint density at radius 2 is 2.06 bits per heavy atom. The van der Waals surface area contributed by atoms with Crippen molar-refractivity contribution in [1.82, 2.24) is 9.78 Å². The lowest BCUT2D eigenvalue weighted by Crippen LogP contribution is -2.02. The molecular formula is C11H10N2O3. The highest BCUT2D eigenvalue weighted by atomic mass is 16.5. The molecule has 5 heteroatoms. The van der Waals surface area contributed by atoms with Gasteiger partial charge in [0, 0.05) is 6.07 Å². The van der Waals surface area contributed by atoms with Crippen molar-refractivity contribution in [1.29, 1.82) is 0 Å². The number of carboxylic acid groups (broad SMARTS) is 1. The molecule has 0 radical (unpaired) electrons. The quantitative estimate of drug-likeness (QED) is 0.849. The smallest absolute Gasteiger partial charge is 0.356 e. The van der Waals surface area contributed by atoms with E-state index in [0.29, 0.717) is 5.88 Å². The number of methoxy groups -OCH3 is 1. The summed E-state index contributed by atoms with van der Waals surface area (Å²) >= 11 is 0. The molecule has 1 aromatic heterocycles. The van der Waals surface area contributed by atoms with Crippen molar-refractivity contribution in [2.24, 2.45) is 0 Å². The molecule has 0 amide bonds. The highest BCUT2D eigenvalue weighted by molar-refractivity contribution is 5.85. The van der Waals surface area contributed by atoms with Gasteiger partial charge in [-0.1, -0.05) is 18.2 Å². The number of para-hydroxylation sites is 1. The molecule has 0 saturated carbocycles. The number of benzene rings is 1. The zero-order valence-electron chi connectivity index (χ0n) is 8.62. The molecule has 82 valence electrons. The molecule has 0 spiro atoms. The standard InChI is InChI=1S/C11H10N2O3/c1-16-10-7-9(11(14)15)12-13(10)8-5-3-2-4-6-8/h2-7H,1H3,(H,14,15). The van der Waals surface area contributed by atoms with Gasteiger partial charge in [0.2, 0.25) is 5.88 Å². The summed E-state index contributed by atoms with van der Waals surface area (Å²) in [5, 5.41) is 12.8.